The lowest BCUT2D eigenvalue weighted by atomic mass is 10.0. The van der Waals surface area contributed by atoms with Crippen LogP contribution in [0.15, 0.2) is 29.1 Å². The van der Waals surface area contributed by atoms with Crippen molar-refractivity contribution in [2.45, 2.75) is 12.8 Å². The normalized spacial score (nSPS) is 14.3. The fraction of sp³-hybridized carbons (Fsp3) is 0.308. The molecule has 1 aromatic carbocycles. The summed E-state index contributed by atoms with van der Waals surface area (Å²) in [5.41, 5.74) is 1.68. The molecule has 0 saturated heterocycles. The number of carbonyl (C=O) groups excluding carboxylic acids is 1. The Hall–Kier alpha value is -2.37. The lowest BCUT2D eigenvalue weighted by Gasteiger charge is -2.28. The van der Waals surface area contributed by atoms with Gasteiger partial charge >= 0.3 is 5.69 Å². The van der Waals surface area contributed by atoms with Gasteiger partial charge in [-0.1, -0.05) is 18.2 Å². The van der Waals surface area contributed by atoms with Crippen LogP contribution in [-0.2, 0) is 13.5 Å². The Morgan fingerprint density at radius 1 is 1.37 bits per heavy atom. The summed E-state index contributed by atoms with van der Waals surface area (Å²) in [5, 5.41) is 3.92. The number of aromatic nitrogens is 3. The highest BCUT2D eigenvalue weighted by Crippen LogP contribution is 2.27. The molecule has 0 unspecified atom stereocenters. The fourth-order valence-electron chi connectivity index (χ4n) is 2.37. The van der Waals surface area contributed by atoms with Crippen molar-refractivity contribution < 1.29 is 4.79 Å². The van der Waals surface area contributed by atoms with Crippen LogP contribution in [0.2, 0.25) is 0 Å². The van der Waals surface area contributed by atoms with Gasteiger partial charge in [0.2, 0.25) is 5.82 Å². The van der Waals surface area contributed by atoms with Gasteiger partial charge in [0.15, 0.2) is 0 Å². The van der Waals surface area contributed by atoms with Gasteiger partial charge in [-0.15, -0.1) is 5.10 Å². The molecule has 0 radical (unpaired) electrons. The molecule has 2 aromatic rings. The van der Waals surface area contributed by atoms with Crippen molar-refractivity contribution >= 4 is 11.6 Å². The van der Waals surface area contributed by atoms with Crippen molar-refractivity contribution in [3.8, 4) is 0 Å². The maximum Gasteiger partial charge on any atom is 0.343 e. The first-order valence-corrected chi connectivity index (χ1v) is 6.20. The Morgan fingerprint density at radius 3 is 2.89 bits per heavy atom. The van der Waals surface area contributed by atoms with Gasteiger partial charge < -0.3 is 4.90 Å². The topological polar surface area (TPSA) is 71.0 Å². The van der Waals surface area contributed by atoms with Crippen LogP contribution in [0.4, 0.5) is 5.69 Å². The minimum Gasteiger partial charge on any atom is -0.305 e. The number of H-pyrrole nitrogens is 1. The summed E-state index contributed by atoms with van der Waals surface area (Å²) in [7, 11) is 1.51. The highest BCUT2D eigenvalue weighted by molar-refractivity contribution is 6.04. The van der Waals surface area contributed by atoms with Crippen molar-refractivity contribution in [1.82, 2.24) is 14.8 Å². The van der Waals surface area contributed by atoms with Crippen molar-refractivity contribution in [3.63, 3.8) is 0 Å². The summed E-state index contributed by atoms with van der Waals surface area (Å²) in [6.45, 7) is 0.647. The highest BCUT2D eigenvalue weighted by Gasteiger charge is 2.25. The summed E-state index contributed by atoms with van der Waals surface area (Å²) >= 11 is 0. The van der Waals surface area contributed by atoms with E-state index in [-0.39, 0.29) is 17.4 Å². The van der Waals surface area contributed by atoms with Gasteiger partial charge in [0.05, 0.1) is 0 Å². The number of nitrogens with zero attached hydrogens (tertiary/aromatic N) is 3. The molecule has 0 spiro atoms. The molecule has 1 aliphatic heterocycles. The number of hydrogen-bond acceptors (Lipinski definition) is 3. The Labute approximate surface area is 109 Å². The fourth-order valence-corrected chi connectivity index (χ4v) is 2.37. The summed E-state index contributed by atoms with van der Waals surface area (Å²) < 4.78 is 1.13. The number of anilines is 1. The Balaban J connectivity index is 1.99. The van der Waals surface area contributed by atoms with E-state index in [0.29, 0.717) is 6.54 Å². The first kappa shape index (κ1) is 11.7. The van der Waals surface area contributed by atoms with E-state index in [2.05, 4.69) is 10.1 Å². The van der Waals surface area contributed by atoms with Crippen LogP contribution in [-0.4, -0.2) is 27.2 Å². The number of fused-ring (bicyclic) bond motifs is 1. The second-order valence-corrected chi connectivity index (χ2v) is 4.59. The predicted octanol–water partition coefficient (Wildman–Crippen LogP) is 0.701. The zero-order chi connectivity index (χ0) is 13.4. The smallest absolute Gasteiger partial charge is 0.305 e. The highest BCUT2D eigenvalue weighted by atomic mass is 16.2. The lowest BCUT2D eigenvalue weighted by Crippen LogP contribution is -2.36. The standard InChI is InChI=1S/C13H14N4O2/c1-16-13(19)14-11(15-16)12(18)17-8-4-6-9-5-2-3-7-10(9)17/h2-3,5,7H,4,6,8H2,1H3,(H,14,15,19). The van der Waals surface area contributed by atoms with E-state index in [4.69, 9.17) is 0 Å². The van der Waals surface area contributed by atoms with Crippen molar-refractivity contribution in [3.05, 3.63) is 46.1 Å². The first-order valence-electron chi connectivity index (χ1n) is 6.20. The number of aryl methyl sites for hydroxylation is 2. The number of benzene rings is 1. The number of carbonyl (C=O) groups is 1. The molecule has 0 aliphatic carbocycles. The molecular weight excluding hydrogens is 244 g/mol. The maximum atomic E-state index is 12.4. The van der Waals surface area contributed by atoms with Gasteiger partial charge in [0.1, 0.15) is 0 Å². The molecule has 0 atom stereocenters. The van der Waals surface area contributed by atoms with Crippen molar-refractivity contribution in [2.24, 2.45) is 7.05 Å². The van der Waals surface area contributed by atoms with Crippen LogP contribution < -0.4 is 10.6 Å². The number of para-hydroxylation sites is 1. The molecule has 0 saturated carbocycles. The van der Waals surface area contributed by atoms with E-state index in [0.717, 1.165) is 28.8 Å². The minimum atomic E-state index is -0.381. The second kappa shape index (κ2) is 4.38. The average molecular weight is 258 g/mol. The molecule has 0 bridgehead atoms. The molecule has 1 aliphatic rings. The summed E-state index contributed by atoms with van der Waals surface area (Å²) in [4.78, 5) is 27.9. The van der Waals surface area contributed by atoms with E-state index >= 15 is 0 Å². The van der Waals surface area contributed by atoms with Gasteiger partial charge in [-0.25, -0.2) is 9.48 Å². The molecule has 1 aromatic heterocycles. The Bertz CT molecular complexity index is 686. The van der Waals surface area contributed by atoms with Gasteiger partial charge in [0, 0.05) is 19.3 Å². The molecular formula is C13H14N4O2. The molecule has 2 heterocycles. The van der Waals surface area contributed by atoms with Crippen molar-refractivity contribution in [1.29, 1.82) is 0 Å². The van der Waals surface area contributed by atoms with Crippen LogP contribution in [0, 0.1) is 0 Å². The molecule has 1 amide bonds. The van der Waals surface area contributed by atoms with Crippen molar-refractivity contribution in [2.75, 3.05) is 11.4 Å². The van der Waals surface area contributed by atoms with E-state index < -0.39 is 0 Å². The third-order valence-corrected chi connectivity index (χ3v) is 3.33. The molecule has 3 rings (SSSR count). The van der Waals surface area contributed by atoms with Crippen LogP contribution in [0.5, 0.6) is 0 Å². The van der Waals surface area contributed by atoms with Gasteiger partial charge in [0.25, 0.3) is 5.91 Å². The SMILES string of the molecule is Cn1nc(C(=O)N2CCCc3ccccc32)[nH]c1=O. The number of amides is 1. The Kier molecular flexibility index (Phi) is 2.70. The number of nitrogens with one attached hydrogen (secondary N) is 1. The average Bonchev–Trinajstić information content (AvgIpc) is 2.77. The molecule has 0 fully saturated rings. The van der Waals surface area contributed by atoms with E-state index in [1.165, 1.54) is 7.05 Å². The minimum absolute atomic E-state index is 0.0872. The number of aromatic amines is 1. The molecule has 6 nitrogen and oxygen atoms in total. The number of rotatable bonds is 1. The third kappa shape index (κ3) is 1.95. The summed E-state index contributed by atoms with van der Waals surface area (Å²) in [6.07, 6.45) is 1.89. The number of hydrogen-bond donors (Lipinski definition) is 1. The summed E-state index contributed by atoms with van der Waals surface area (Å²) in [6, 6.07) is 7.82. The van der Waals surface area contributed by atoms with E-state index in [1.807, 2.05) is 24.3 Å². The molecule has 19 heavy (non-hydrogen) atoms. The monoisotopic (exact) mass is 258 g/mol. The zero-order valence-corrected chi connectivity index (χ0v) is 10.6. The van der Waals surface area contributed by atoms with Crippen LogP contribution in [0.25, 0.3) is 0 Å². The van der Waals surface area contributed by atoms with E-state index in [1.54, 1.807) is 4.90 Å². The second-order valence-electron chi connectivity index (χ2n) is 4.59. The molecule has 1 N–H and O–H groups in total. The first-order chi connectivity index (χ1) is 9.16. The zero-order valence-electron chi connectivity index (χ0n) is 10.6. The van der Waals surface area contributed by atoms with Crippen LogP contribution in [0.3, 0.4) is 0 Å². The Morgan fingerprint density at radius 2 is 2.16 bits per heavy atom. The predicted molar refractivity (Wildman–Crippen MR) is 70.3 cm³/mol. The van der Waals surface area contributed by atoms with Gasteiger partial charge in [-0.3, -0.25) is 9.78 Å². The van der Waals surface area contributed by atoms with Gasteiger partial charge in [-0.2, -0.15) is 0 Å². The molecule has 6 heteroatoms. The maximum absolute atomic E-state index is 12.4. The van der Waals surface area contributed by atoms with Crippen LogP contribution >= 0.6 is 0 Å². The largest absolute Gasteiger partial charge is 0.343 e. The summed E-state index contributed by atoms with van der Waals surface area (Å²) in [5.74, 6) is -0.172. The van der Waals surface area contributed by atoms with Gasteiger partial charge in [-0.05, 0) is 24.5 Å². The quantitative estimate of drug-likeness (QED) is 0.818. The molecule has 98 valence electrons. The van der Waals surface area contributed by atoms with Crippen LogP contribution in [0.1, 0.15) is 22.6 Å². The van der Waals surface area contributed by atoms with E-state index in [9.17, 15) is 9.59 Å². The lowest BCUT2D eigenvalue weighted by molar-refractivity contribution is 0.0975. The third-order valence-electron chi connectivity index (χ3n) is 3.33.